The highest BCUT2D eigenvalue weighted by atomic mass is 127. The summed E-state index contributed by atoms with van der Waals surface area (Å²) in [6, 6.07) is 11.0. The quantitative estimate of drug-likeness (QED) is 0.620. The number of oxazole rings is 1. The van der Waals surface area contributed by atoms with Crippen LogP contribution in [-0.4, -0.2) is 10.9 Å². The van der Waals surface area contributed by atoms with Gasteiger partial charge in [-0.05, 0) is 59.0 Å². The molecule has 2 aromatic carbocycles. The highest BCUT2D eigenvalue weighted by Gasteiger charge is 2.12. The van der Waals surface area contributed by atoms with E-state index in [0.29, 0.717) is 27.7 Å². The van der Waals surface area contributed by atoms with Gasteiger partial charge in [0, 0.05) is 16.2 Å². The number of benzene rings is 2. The zero-order chi connectivity index (χ0) is 15.0. The lowest BCUT2D eigenvalue weighted by molar-refractivity contribution is -0.114. The second kappa shape index (κ2) is 5.65. The van der Waals surface area contributed by atoms with Crippen LogP contribution in [0, 0.1) is 3.57 Å². The lowest BCUT2D eigenvalue weighted by atomic mass is 10.2. The number of carbonyl (C=O) groups is 1. The SMILES string of the molecule is CC(=O)Nc1ccc2oc(-c3cc(I)ccc3Cl)nc2c1. The van der Waals surface area contributed by atoms with Crippen molar-refractivity contribution in [3.63, 3.8) is 0 Å². The minimum Gasteiger partial charge on any atom is -0.436 e. The highest BCUT2D eigenvalue weighted by Crippen LogP contribution is 2.32. The lowest BCUT2D eigenvalue weighted by Crippen LogP contribution is -2.05. The maximum Gasteiger partial charge on any atom is 0.228 e. The van der Waals surface area contributed by atoms with Crippen molar-refractivity contribution in [3.8, 4) is 11.5 Å². The normalized spacial score (nSPS) is 10.8. The number of carbonyl (C=O) groups excluding carboxylic acids is 1. The fourth-order valence-corrected chi connectivity index (χ4v) is 2.67. The standard InChI is InChI=1S/C15H10ClIN2O2/c1-8(20)18-10-3-5-14-13(7-10)19-15(21-14)11-6-9(17)2-4-12(11)16/h2-7H,1H3,(H,18,20). The van der Waals surface area contributed by atoms with Crippen LogP contribution in [0.15, 0.2) is 40.8 Å². The molecule has 0 atom stereocenters. The number of nitrogens with one attached hydrogen (secondary N) is 1. The van der Waals surface area contributed by atoms with Gasteiger partial charge in [-0.1, -0.05) is 11.6 Å². The van der Waals surface area contributed by atoms with E-state index in [-0.39, 0.29) is 5.91 Å². The number of amides is 1. The van der Waals surface area contributed by atoms with E-state index in [1.165, 1.54) is 6.92 Å². The molecule has 3 aromatic rings. The molecule has 1 amide bonds. The van der Waals surface area contributed by atoms with Crippen LogP contribution in [0.4, 0.5) is 5.69 Å². The second-order valence-electron chi connectivity index (χ2n) is 4.51. The van der Waals surface area contributed by atoms with Crippen molar-refractivity contribution in [2.24, 2.45) is 0 Å². The highest BCUT2D eigenvalue weighted by molar-refractivity contribution is 14.1. The Balaban J connectivity index is 2.08. The average Bonchev–Trinajstić information content (AvgIpc) is 2.83. The predicted molar refractivity (Wildman–Crippen MR) is 91.5 cm³/mol. The zero-order valence-corrected chi connectivity index (χ0v) is 13.9. The van der Waals surface area contributed by atoms with Gasteiger partial charge in [0.2, 0.25) is 11.8 Å². The smallest absolute Gasteiger partial charge is 0.228 e. The molecule has 1 aromatic heterocycles. The number of halogens is 2. The van der Waals surface area contributed by atoms with Gasteiger partial charge >= 0.3 is 0 Å². The molecule has 0 aliphatic heterocycles. The van der Waals surface area contributed by atoms with Crippen LogP contribution in [0.1, 0.15) is 6.92 Å². The first-order chi connectivity index (χ1) is 10.0. The van der Waals surface area contributed by atoms with E-state index < -0.39 is 0 Å². The van der Waals surface area contributed by atoms with Gasteiger partial charge in [-0.3, -0.25) is 4.79 Å². The summed E-state index contributed by atoms with van der Waals surface area (Å²) < 4.78 is 6.79. The number of nitrogens with zero attached hydrogens (tertiary/aromatic N) is 1. The zero-order valence-electron chi connectivity index (χ0n) is 11.0. The van der Waals surface area contributed by atoms with Crippen molar-refractivity contribution in [1.82, 2.24) is 4.98 Å². The van der Waals surface area contributed by atoms with Gasteiger partial charge < -0.3 is 9.73 Å². The van der Waals surface area contributed by atoms with Gasteiger partial charge in [0.1, 0.15) is 5.52 Å². The summed E-state index contributed by atoms with van der Waals surface area (Å²) in [6.07, 6.45) is 0. The average molecular weight is 413 g/mol. The van der Waals surface area contributed by atoms with E-state index in [1.807, 2.05) is 18.2 Å². The van der Waals surface area contributed by atoms with Crippen molar-refractivity contribution in [1.29, 1.82) is 0 Å². The Bertz CT molecular complexity index is 845. The van der Waals surface area contributed by atoms with E-state index in [2.05, 4.69) is 32.9 Å². The van der Waals surface area contributed by atoms with E-state index >= 15 is 0 Å². The molecule has 0 fully saturated rings. The van der Waals surface area contributed by atoms with Gasteiger partial charge in [0.25, 0.3) is 0 Å². The summed E-state index contributed by atoms with van der Waals surface area (Å²) in [4.78, 5) is 15.5. The molecule has 0 saturated carbocycles. The van der Waals surface area contributed by atoms with Gasteiger partial charge in [-0.2, -0.15) is 0 Å². The maximum atomic E-state index is 11.1. The number of anilines is 1. The third-order valence-corrected chi connectivity index (χ3v) is 3.87. The van der Waals surface area contributed by atoms with Crippen LogP contribution in [0.25, 0.3) is 22.6 Å². The molecular formula is C15H10ClIN2O2. The van der Waals surface area contributed by atoms with Crippen molar-refractivity contribution in [2.45, 2.75) is 6.92 Å². The molecule has 6 heteroatoms. The van der Waals surface area contributed by atoms with Crippen LogP contribution in [0.3, 0.4) is 0 Å². The Morgan fingerprint density at radius 1 is 1.29 bits per heavy atom. The number of rotatable bonds is 2. The Labute approximate surface area is 139 Å². The molecule has 1 heterocycles. The summed E-state index contributed by atoms with van der Waals surface area (Å²) in [5.74, 6) is 0.340. The summed E-state index contributed by atoms with van der Waals surface area (Å²) in [6.45, 7) is 1.46. The molecule has 3 rings (SSSR count). The van der Waals surface area contributed by atoms with Crippen LogP contribution < -0.4 is 5.32 Å². The van der Waals surface area contributed by atoms with Crippen molar-refractivity contribution >= 4 is 56.9 Å². The van der Waals surface area contributed by atoms with Gasteiger partial charge in [0.15, 0.2) is 5.58 Å². The number of aromatic nitrogens is 1. The summed E-state index contributed by atoms with van der Waals surface area (Å²) in [5.41, 5.74) is 2.75. The van der Waals surface area contributed by atoms with Crippen molar-refractivity contribution in [3.05, 3.63) is 45.0 Å². The van der Waals surface area contributed by atoms with Gasteiger partial charge in [0.05, 0.1) is 10.6 Å². The molecule has 106 valence electrons. The summed E-state index contributed by atoms with van der Waals surface area (Å²) in [7, 11) is 0. The first kappa shape index (κ1) is 14.3. The van der Waals surface area contributed by atoms with Crippen LogP contribution >= 0.6 is 34.2 Å². The molecule has 0 bridgehead atoms. The summed E-state index contributed by atoms with van der Waals surface area (Å²) in [5, 5.41) is 3.31. The van der Waals surface area contributed by atoms with Crippen LogP contribution in [0.2, 0.25) is 5.02 Å². The van der Waals surface area contributed by atoms with Crippen LogP contribution in [-0.2, 0) is 4.79 Å². The van der Waals surface area contributed by atoms with E-state index in [0.717, 1.165) is 9.13 Å². The maximum absolute atomic E-state index is 11.1. The topological polar surface area (TPSA) is 55.1 Å². The lowest BCUT2D eigenvalue weighted by Gasteiger charge is -1.99. The van der Waals surface area contributed by atoms with Crippen molar-refractivity contribution in [2.75, 3.05) is 5.32 Å². The van der Waals surface area contributed by atoms with E-state index in [9.17, 15) is 4.79 Å². The van der Waals surface area contributed by atoms with Gasteiger partial charge in [-0.25, -0.2) is 4.98 Å². The Morgan fingerprint density at radius 3 is 2.86 bits per heavy atom. The monoisotopic (exact) mass is 412 g/mol. The Hall–Kier alpha value is -1.60. The third-order valence-electron chi connectivity index (χ3n) is 2.87. The molecule has 0 radical (unpaired) electrons. The minimum absolute atomic E-state index is 0.126. The molecule has 0 spiro atoms. The second-order valence-corrected chi connectivity index (χ2v) is 6.16. The van der Waals surface area contributed by atoms with E-state index in [4.69, 9.17) is 16.0 Å². The molecule has 0 unspecified atom stereocenters. The fourth-order valence-electron chi connectivity index (χ4n) is 1.99. The molecule has 0 aliphatic rings. The summed E-state index contributed by atoms with van der Waals surface area (Å²) >= 11 is 8.41. The molecule has 0 aliphatic carbocycles. The molecule has 21 heavy (non-hydrogen) atoms. The fraction of sp³-hybridized carbons (Fsp3) is 0.0667. The Kier molecular flexibility index (Phi) is 3.86. The third kappa shape index (κ3) is 3.03. The Morgan fingerprint density at radius 2 is 2.10 bits per heavy atom. The molecule has 0 saturated heterocycles. The number of fused-ring (bicyclic) bond motifs is 1. The van der Waals surface area contributed by atoms with Crippen molar-refractivity contribution < 1.29 is 9.21 Å². The molecule has 1 N–H and O–H groups in total. The number of hydrogen-bond donors (Lipinski definition) is 1. The number of hydrogen-bond acceptors (Lipinski definition) is 3. The minimum atomic E-state index is -0.126. The molecular weight excluding hydrogens is 403 g/mol. The van der Waals surface area contributed by atoms with Gasteiger partial charge in [-0.15, -0.1) is 0 Å². The first-order valence-electron chi connectivity index (χ1n) is 6.16. The first-order valence-corrected chi connectivity index (χ1v) is 7.62. The van der Waals surface area contributed by atoms with Crippen LogP contribution in [0.5, 0.6) is 0 Å². The largest absolute Gasteiger partial charge is 0.436 e. The predicted octanol–water partition coefficient (Wildman–Crippen LogP) is 4.71. The molecule has 4 nitrogen and oxygen atoms in total. The van der Waals surface area contributed by atoms with E-state index in [1.54, 1.807) is 18.2 Å².